The van der Waals surface area contributed by atoms with Gasteiger partial charge in [-0.2, -0.15) is 26.3 Å². The molecule has 0 fully saturated rings. The second-order valence-corrected chi connectivity index (χ2v) is 8.11. The molecule has 2 nitrogen and oxygen atoms in total. The lowest BCUT2D eigenvalue weighted by atomic mass is 9.93. The number of aliphatic hydroxyl groups excluding tert-OH is 1. The largest absolute Gasteiger partial charge is 0.416 e. The third kappa shape index (κ3) is 4.79. The summed E-state index contributed by atoms with van der Waals surface area (Å²) in [4.78, 5) is 4.50. The van der Waals surface area contributed by atoms with Gasteiger partial charge in [0.2, 0.25) is 0 Å². The first-order valence-corrected chi connectivity index (χ1v) is 10.5. The van der Waals surface area contributed by atoms with Gasteiger partial charge in [-0.15, -0.1) is 11.3 Å². The number of pyridine rings is 1. The summed E-state index contributed by atoms with van der Waals surface area (Å²) in [5.74, 6) is 0. The summed E-state index contributed by atoms with van der Waals surface area (Å²) in [6.07, 6.45) is -7.19. The fourth-order valence-corrected chi connectivity index (χ4v) is 4.56. The number of aromatic nitrogens is 1. The Labute approximate surface area is 188 Å². The van der Waals surface area contributed by atoms with Gasteiger partial charge in [0.15, 0.2) is 0 Å². The Balaban J connectivity index is 1.84. The summed E-state index contributed by atoms with van der Waals surface area (Å²) < 4.78 is 77.8. The van der Waals surface area contributed by atoms with Crippen LogP contribution < -0.4 is 0 Å². The molecule has 1 N–H and O–H groups in total. The predicted octanol–water partition coefficient (Wildman–Crippen LogP) is 7.60. The van der Waals surface area contributed by atoms with Crippen molar-refractivity contribution in [3.63, 3.8) is 0 Å². The minimum atomic E-state index is -4.49. The van der Waals surface area contributed by atoms with E-state index in [4.69, 9.17) is 0 Å². The highest BCUT2D eigenvalue weighted by molar-refractivity contribution is 7.14. The molecular weight excluding hydrogens is 464 g/mol. The van der Waals surface area contributed by atoms with E-state index >= 15 is 0 Å². The van der Waals surface area contributed by atoms with Crippen molar-refractivity contribution in [1.82, 2.24) is 4.98 Å². The number of thiophene rings is 1. The van der Waals surface area contributed by atoms with Crippen LogP contribution in [-0.2, 0) is 12.4 Å². The summed E-state index contributed by atoms with van der Waals surface area (Å²) >= 11 is 1.19. The van der Waals surface area contributed by atoms with Crippen molar-refractivity contribution in [3.05, 3.63) is 101 Å². The van der Waals surface area contributed by atoms with Crippen LogP contribution in [0.3, 0.4) is 0 Å². The molecule has 0 aliphatic heterocycles. The molecule has 0 aliphatic carbocycles. The van der Waals surface area contributed by atoms with E-state index in [1.807, 2.05) is 0 Å². The third-order valence-corrected chi connectivity index (χ3v) is 6.15. The van der Waals surface area contributed by atoms with Crippen LogP contribution in [0.25, 0.3) is 21.6 Å². The van der Waals surface area contributed by atoms with Crippen molar-refractivity contribution in [3.8, 4) is 21.6 Å². The van der Waals surface area contributed by atoms with Crippen molar-refractivity contribution in [2.45, 2.75) is 18.5 Å². The molecule has 0 spiro atoms. The summed E-state index contributed by atoms with van der Waals surface area (Å²) in [5.41, 5.74) is 0.586. The smallest absolute Gasteiger partial charge is 0.384 e. The average Bonchev–Trinajstić information content (AvgIpc) is 3.23. The van der Waals surface area contributed by atoms with E-state index in [9.17, 15) is 31.4 Å². The Hall–Kier alpha value is -3.17. The SMILES string of the molecule is OC(c1cccnc1)c1c(-c2ccc(C(F)(F)F)cc2)csc1-c1ccc(C(F)(F)F)cc1. The zero-order valence-electron chi connectivity index (χ0n) is 16.7. The minimum absolute atomic E-state index is 0.382. The molecule has 1 atom stereocenters. The molecule has 2 aromatic heterocycles. The van der Waals surface area contributed by atoms with Gasteiger partial charge in [-0.25, -0.2) is 0 Å². The number of nitrogens with zero attached hydrogens (tertiary/aromatic N) is 1. The number of benzene rings is 2. The molecule has 0 bridgehead atoms. The second-order valence-electron chi connectivity index (χ2n) is 7.23. The van der Waals surface area contributed by atoms with Crippen LogP contribution in [0.2, 0.25) is 0 Å². The fraction of sp³-hybridized carbons (Fsp3) is 0.125. The van der Waals surface area contributed by atoms with Crippen LogP contribution in [0.1, 0.15) is 28.4 Å². The molecule has 33 heavy (non-hydrogen) atoms. The highest BCUT2D eigenvalue weighted by Crippen LogP contribution is 2.44. The molecular formula is C24H15F6NOS. The molecule has 0 radical (unpaired) electrons. The van der Waals surface area contributed by atoms with Gasteiger partial charge in [0.1, 0.15) is 6.10 Å². The predicted molar refractivity (Wildman–Crippen MR) is 113 cm³/mol. The number of alkyl halides is 6. The van der Waals surface area contributed by atoms with E-state index in [0.29, 0.717) is 32.7 Å². The Kier molecular flexibility index (Phi) is 6.02. The van der Waals surface area contributed by atoms with Gasteiger partial charge in [-0.3, -0.25) is 4.98 Å². The van der Waals surface area contributed by atoms with Gasteiger partial charge in [0.05, 0.1) is 11.1 Å². The number of hydrogen-bond donors (Lipinski definition) is 1. The number of halogens is 6. The van der Waals surface area contributed by atoms with Crippen LogP contribution in [0, 0.1) is 0 Å². The molecule has 4 rings (SSSR count). The van der Waals surface area contributed by atoms with Crippen LogP contribution in [0.5, 0.6) is 0 Å². The van der Waals surface area contributed by atoms with Gasteiger partial charge < -0.3 is 5.11 Å². The average molecular weight is 479 g/mol. The molecule has 4 aromatic rings. The Bertz CT molecular complexity index is 1150. The summed E-state index contributed by atoms with van der Waals surface area (Å²) in [5, 5.41) is 12.8. The molecule has 0 saturated heterocycles. The first-order valence-electron chi connectivity index (χ1n) is 9.60. The van der Waals surface area contributed by atoms with Crippen molar-refractivity contribution >= 4 is 11.3 Å². The van der Waals surface area contributed by atoms with E-state index in [2.05, 4.69) is 4.98 Å². The fourth-order valence-electron chi connectivity index (χ4n) is 3.44. The van der Waals surface area contributed by atoms with Crippen LogP contribution in [0.15, 0.2) is 78.4 Å². The number of hydrogen-bond acceptors (Lipinski definition) is 3. The van der Waals surface area contributed by atoms with E-state index in [-0.39, 0.29) is 0 Å². The maximum absolute atomic E-state index is 13.0. The lowest BCUT2D eigenvalue weighted by Gasteiger charge is -2.16. The topological polar surface area (TPSA) is 33.1 Å². The molecule has 9 heteroatoms. The van der Waals surface area contributed by atoms with Gasteiger partial charge in [-0.1, -0.05) is 30.3 Å². The number of aliphatic hydroxyl groups is 1. The van der Waals surface area contributed by atoms with Crippen molar-refractivity contribution in [1.29, 1.82) is 0 Å². The van der Waals surface area contributed by atoms with Crippen LogP contribution in [-0.4, -0.2) is 10.1 Å². The monoisotopic (exact) mass is 479 g/mol. The molecule has 2 heterocycles. The maximum Gasteiger partial charge on any atom is 0.416 e. The van der Waals surface area contributed by atoms with Crippen molar-refractivity contribution < 1.29 is 31.4 Å². The molecule has 0 aliphatic rings. The lowest BCUT2D eigenvalue weighted by molar-refractivity contribution is -0.138. The second kappa shape index (κ2) is 8.64. The van der Waals surface area contributed by atoms with Crippen LogP contribution >= 0.6 is 11.3 Å². The zero-order valence-corrected chi connectivity index (χ0v) is 17.5. The quantitative estimate of drug-likeness (QED) is 0.306. The van der Waals surface area contributed by atoms with Gasteiger partial charge >= 0.3 is 12.4 Å². The molecule has 0 saturated carbocycles. The van der Waals surface area contributed by atoms with Gasteiger partial charge in [0.25, 0.3) is 0 Å². The van der Waals surface area contributed by atoms with Gasteiger partial charge in [0, 0.05) is 28.4 Å². The standard InChI is InChI=1S/C24H15F6NOS/c25-23(26,27)17-7-3-14(4-8-17)19-13-33-22(15-5-9-18(10-6-15)24(28,29)30)20(19)21(32)16-2-1-11-31-12-16/h1-13,21,32H. The normalized spacial score (nSPS) is 13.2. The van der Waals surface area contributed by atoms with Gasteiger partial charge in [-0.05, 0) is 52.4 Å². The lowest BCUT2D eigenvalue weighted by Crippen LogP contribution is -2.05. The molecule has 2 aromatic carbocycles. The van der Waals surface area contributed by atoms with E-state index in [1.165, 1.54) is 48.0 Å². The van der Waals surface area contributed by atoms with E-state index < -0.39 is 29.6 Å². The highest BCUT2D eigenvalue weighted by atomic mass is 32.1. The van der Waals surface area contributed by atoms with Crippen molar-refractivity contribution in [2.75, 3.05) is 0 Å². The first-order chi connectivity index (χ1) is 15.6. The molecule has 170 valence electrons. The Morgan fingerprint density at radius 1 is 0.758 bits per heavy atom. The zero-order chi connectivity index (χ0) is 23.8. The Morgan fingerprint density at radius 3 is 1.79 bits per heavy atom. The summed E-state index contributed by atoms with van der Waals surface area (Å²) in [6, 6.07) is 12.3. The Morgan fingerprint density at radius 2 is 1.30 bits per heavy atom. The van der Waals surface area contributed by atoms with Crippen LogP contribution in [0.4, 0.5) is 26.3 Å². The molecule has 1 unspecified atom stereocenters. The first kappa shape index (κ1) is 23.0. The van der Waals surface area contributed by atoms with E-state index in [1.54, 1.807) is 17.5 Å². The third-order valence-electron chi connectivity index (χ3n) is 5.10. The summed E-state index contributed by atoms with van der Waals surface area (Å²) in [6.45, 7) is 0. The summed E-state index contributed by atoms with van der Waals surface area (Å²) in [7, 11) is 0. The minimum Gasteiger partial charge on any atom is -0.384 e. The van der Waals surface area contributed by atoms with Crippen molar-refractivity contribution in [2.24, 2.45) is 0 Å². The number of rotatable bonds is 4. The molecule has 0 amide bonds. The highest BCUT2D eigenvalue weighted by Gasteiger charge is 2.32. The van der Waals surface area contributed by atoms with E-state index in [0.717, 1.165) is 24.3 Å². The maximum atomic E-state index is 13.0.